The number of amides is 2. The molecule has 0 aliphatic heterocycles. The van der Waals surface area contributed by atoms with Crippen LogP contribution in [0, 0.1) is 34.1 Å². The molecule has 2 aromatic carbocycles. The molecule has 0 aliphatic rings. The molecule has 3 aromatic rings. The molecule has 6 nitrogen and oxygen atoms in total. The van der Waals surface area contributed by atoms with Crippen molar-refractivity contribution >= 4 is 34.2 Å². The zero-order valence-corrected chi connectivity index (χ0v) is 20.0. The van der Waals surface area contributed by atoms with Crippen molar-refractivity contribution in [2.75, 3.05) is 10.6 Å². The summed E-state index contributed by atoms with van der Waals surface area (Å²) in [6.07, 6.45) is 0. The summed E-state index contributed by atoms with van der Waals surface area (Å²) in [5.74, 6) is -6.42. The van der Waals surface area contributed by atoms with Crippen LogP contribution in [0.3, 0.4) is 0 Å². The Balaban J connectivity index is 2.14. The van der Waals surface area contributed by atoms with Crippen LogP contribution in [0.4, 0.5) is 28.9 Å². The molecule has 0 saturated carbocycles. The van der Waals surface area contributed by atoms with Gasteiger partial charge in [-0.1, -0.05) is 41.5 Å². The van der Waals surface area contributed by atoms with Gasteiger partial charge in [-0.05, 0) is 12.1 Å². The van der Waals surface area contributed by atoms with Gasteiger partial charge in [-0.2, -0.15) is 0 Å². The zero-order valence-electron chi connectivity index (χ0n) is 20.0. The summed E-state index contributed by atoms with van der Waals surface area (Å²) in [5.41, 5.74) is -5.06. The lowest BCUT2D eigenvalue weighted by molar-refractivity contribution is -0.123. The van der Waals surface area contributed by atoms with Crippen molar-refractivity contribution in [3.8, 4) is 11.3 Å². The summed E-state index contributed by atoms with van der Waals surface area (Å²) in [6.45, 7) is 9.36. The van der Waals surface area contributed by atoms with E-state index in [4.69, 9.17) is 4.42 Å². The van der Waals surface area contributed by atoms with Gasteiger partial charge >= 0.3 is 0 Å². The van der Waals surface area contributed by atoms with Crippen LogP contribution in [0.25, 0.3) is 22.3 Å². The molecule has 1 aromatic heterocycles. The van der Waals surface area contributed by atoms with Crippen molar-refractivity contribution in [1.82, 2.24) is 0 Å². The molecule has 0 bridgehead atoms. The van der Waals surface area contributed by atoms with E-state index < -0.39 is 79.4 Å². The maximum atomic E-state index is 14.7. The summed E-state index contributed by atoms with van der Waals surface area (Å²) in [7, 11) is 0. The molecule has 0 saturated heterocycles. The lowest BCUT2D eigenvalue weighted by atomic mass is 9.95. The van der Waals surface area contributed by atoms with Gasteiger partial charge in [0.1, 0.15) is 23.1 Å². The van der Waals surface area contributed by atoms with Gasteiger partial charge in [-0.25, -0.2) is 17.6 Å². The number of rotatable bonds is 3. The van der Waals surface area contributed by atoms with Crippen molar-refractivity contribution in [3.05, 3.63) is 57.8 Å². The number of anilines is 2. The minimum absolute atomic E-state index is 0.267. The third kappa shape index (κ3) is 5.21. The molecule has 0 unspecified atom stereocenters. The molecule has 0 spiro atoms. The Morgan fingerprint density at radius 3 is 1.66 bits per heavy atom. The third-order valence-electron chi connectivity index (χ3n) is 5.07. The Kier molecular flexibility index (Phi) is 6.54. The second kappa shape index (κ2) is 8.83. The first-order valence-electron chi connectivity index (χ1n) is 10.6. The van der Waals surface area contributed by atoms with Gasteiger partial charge in [0.2, 0.25) is 11.8 Å². The average Bonchev–Trinajstić information content (AvgIpc) is 2.71. The van der Waals surface area contributed by atoms with Crippen molar-refractivity contribution in [2.24, 2.45) is 10.8 Å². The van der Waals surface area contributed by atoms with E-state index in [1.165, 1.54) is 0 Å². The minimum Gasteiger partial charge on any atom is -0.453 e. The van der Waals surface area contributed by atoms with Gasteiger partial charge in [-0.15, -0.1) is 0 Å². The van der Waals surface area contributed by atoms with E-state index in [-0.39, 0.29) is 5.56 Å². The van der Waals surface area contributed by atoms with Gasteiger partial charge in [0.05, 0.1) is 11.1 Å². The third-order valence-corrected chi connectivity index (χ3v) is 5.07. The fraction of sp³-hybridized carbons (Fsp3) is 0.320. The second-order valence-corrected chi connectivity index (χ2v) is 10.1. The Morgan fingerprint density at radius 1 is 0.714 bits per heavy atom. The summed E-state index contributed by atoms with van der Waals surface area (Å²) < 4.78 is 63.8. The Labute approximate surface area is 198 Å². The smallest absolute Gasteiger partial charge is 0.229 e. The van der Waals surface area contributed by atoms with Crippen LogP contribution in [-0.2, 0) is 9.59 Å². The molecule has 2 N–H and O–H groups in total. The average molecular weight is 492 g/mol. The number of fused-ring (bicyclic) bond motifs is 1. The SMILES string of the molecule is CC(C)(C)C(=O)Nc1c(F)cc(-c2cc(=O)c3c(NC(=O)C(C)(C)C)c(F)cc(F)c3o2)cc1F. The predicted molar refractivity (Wildman–Crippen MR) is 124 cm³/mol. The molecule has 0 radical (unpaired) electrons. The van der Waals surface area contributed by atoms with Gasteiger partial charge in [0, 0.05) is 28.5 Å². The topological polar surface area (TPSA) is 88.4 Å². The van der Waals surface area contributed by atoms with Gasteiger partial charge < -0.3 is 15.1 Å². The van der Waals surface area contributed by atoms with Crippen molar-refractivity contribution in [1.29, 1.82) is 0 Å². The molecular formula is C25H24F4N2O4. The lowest BCUT2D eigenvalue weighted by Gasteiger charge is -2.19. The monoisotopic (exact) mass is 492 g/mol. The molecular weight excluding hydrogens is 468 g/mol. The van der Waals surface area contributed by atoms with E-state index in [0.717, 1.165) is 18.2 Å². The van der Waals surface area contributed by atoms with E-state index in [9.17, 15) is 31.9 Å². The number of nitrogens with one attached hydrogen (secondary N) is 2. The normalized spacial score (nSPS) is 12.1. The molecule has 3 rings (SSSR count). The first-order chi connectivity index (χ1) is 16.0. The number of carbonyl (C=O) groups excluding carboxylic acids is 2. The van der Waals surface area contributed by atoms with Crippen molar-refractivity contribution in [3.63, 3.8) is 0 Å². The van der Waals surface area contributed by atoms with Gasteiger partial charge in [0.25, 0.3) is 0 Å². The van der Waals surface area contributed by atoms with Crippen LogP contribution in [-0.4, -0.2) is 11.8 Å². The summed E-state index contributed by atoms with van der Waals surface area (Å²) >= 11 is 0. The Bertz CT molecular complexity index is 1390. The van der Waals surface area contributed by atoms with E-state index in [2.05, 4.69) is 10.6 Å². The standard InChI is InChI=1S/C25H24F4N2O4/c1-24(2,3)22(33)30-19-12(26)7-11(8-13(19)27)17-10-16(32)18-20(31-23(34)25(4,5)6)14(28)9-15(29)21(18)35-17/h7-10H,1-6H3,(H,30,33)(H,31,34). The van der Waals surface area contributed by atoms with E-state index in [1.54, 1.807) is 41.5 Å². The molecule has 10 heteroatoms. The first-order valence-corrected chi connectivity index (χ1v) is 10.6. The largest absolute Gasteiger partial charge is 0.453 e. The quantitative estimate of drug-likeness (QED) is 0.440. The number of hydrogen-bond acceptors (Lipinski definition) is 4. The van der Waals surface area contributed by atoms with Crippen LogP contribution in [0.1, 0.15) is 41.5 Å². The maximum absolute atomic E-state index is 14.7. The van der Waals surface area contributed by atoms with Crippen LogP contribution < -0.4 is 16.1 Å². The molecule has 0 atom stereocenters. The Hall–Kier alpha value is -3.69. The highest BCUT2D eigenvalue weighted by Crippen LogP contribution is 2.33. The van der Waals surface area contributed by atoms with E-state index in [1.807, 2.05) is 0 Å². The summed E-state index contributed by atoms with van der Waals surface area (Å²) in [5, 5.41) is 3.87. The summed E-state index contributed by atoms with van der Waals surface area (Å²) in [6, 6.07) is 2.83. The van der Waals surface area contributed by atoms with Crippen LogP contribution >= 0.6 is 0 Å². The first kappa shape index (κ1) is 25.9. The van der Waals surface area contributed by atoms with Crippen molar-refractivity contribution in [2.45, 2.75) is 41.5 Å². The Morgan fingerprint density at radius 2 is 1.17 bits per heavy atom. The zero-order chi connectivity index (χ0) is 26.5. The fourth-order valence-electron chi connectivity index (χ4n) is 2.97. The molecule has 2 amide bonds. The fourth-order valence-corrected chi connectivity index (χ4v) is 2.97. The molecule has 186 valence electrons. The predicted octanol–water partition coefficient (Wildman–Crippen LogP) is 5.99. The van der Waals surface area contributed by atoms with Crippen LogP contribution in [0.5, 0.6) is 0 Å². The molecule has 1 heterocycles. The van der Waals surface area contributed by atoms with Crippen LogP contribution in [0.2, 0.25) is 0 Å². The highest BCUT2D eigenvalue weighted by atomic mass is 19.1. The minimum atomic E-state index is -1.25. The van der Waals surface area contributed by atoms with E-state index in [0.29, 0.717) is 6.07 Å². The van der Waals surface area contributed by atoms with Gasteiger partial charge in [-0.3, -0.25) is 14.4 Å². The highest BCUT2D eigenvalue weighted by Gasteiger charge is 2.27. The molecule has 0 aliphatic carbocycles. The number of benzene rings is 2. The highest BCUT2D eigenvalue weighted by molar-refractivity contribution is 6.03. The second-order valence-electron chi connectivity index (χ2n) is 10.1. The molecule has 35 heavy (non-hydrogen) atoms. The number of hydrogen-bond donors (Lipinski definition) is 2. The van der Waals surface area contributed by atoms with Gasteiger partial charge in [0.15, 0.2) is 22.6 Å². The lowest BCUT2D eigenvalue weighted by Crippen LogP contribution is -2.28. The van der Waals surface area contributed by atoms with Crippen LogP contribution in [0.15, 0.2) is 33.5 Å². The van der Waals surface area contributed by atoms with E-state index >= 15 is 0 Å². The summed E-state index contributed by atoms with van der Waals surface area (Å²) in [4.78, 5) is 37.3. The molecule has 0 fully saturated rings. The number of carbonyl (C=O) groups is 2. The number of halogens is 4. The van der Waals surface area contributed by atoms with Crippen molar-refractivity contribution < 1.29 is 31.6 Å². The maximum Gasteiger partial charge on any atom is 0.229 e.